The van der Waals surface area contributed by atoms with E-state index in [9.17, 15) is 19.1 Å². The Labute approximate surface area is 169 Å². The lowest BCUT2D eigenvalue weighted by molar-refractivity contribution is 0.324. The first-order chi connectivity index (χ1) is 14.4. The summed E-state index contributed by atoms with van der Waals surface area (Å²) in [6.45, 7) is 0. The lowest BCUT2D eigenvalue weighted by Crippen LogP contribution is -2.31. The van der Waals surface area contributed by atoms with Crippen molar-refractivity contribution >= 4 is 11.9 Å². The molecule has 0 unspecified atom stereocenters. The van der Waals surface area contributed by atoms with Gasteiger partial charge in [-0.1, -0.05) is 12.1 Å². The molecule has 10 heteroatoms. The molecular weight excluding hydrogens is 397 g/mol. The minimum Gasteiger partial charge on any atom is -0.493 e. The largest absolute Gasteiger partial charge is 0.493 e. The van der Waals surface area contributed by atoms with E-state index in [1.165, 1.54) is 51.7 Å². The maximum absolute atomic E-state index is 14.1. The summed E-state index contributed by atoms with van der Waals surface area (Å²) in [4.78, 5) is 30.6. The van der Waals surface area contributed by atoms with Crippen LogP contribution in [0.25, 0.3) is 5.69 Å². The fourth-order valence-electron chi connectivity index (χ4n) is 2.79. The zero-order valence-electron chi connectivity index (χ0n) is 16.3. The van der Waals surface area contributed by atoms with E-state index in [-0.39, 0.29) is 11.3 Å². The summed E-state index contributed by atoms with van der Waals surface area (Å²) in [5.74, 6) is -0.496. The maximum atomic E-state index is 14.1. The number of para-hydroxylation sites is 1. The number of benzene rings is 2. The Balaban J connectivity index is 2.13. The van der Waals surface area contributed by atoms with Gasteiger partial charge in [-0.3, -0.25) is 14.8 Å². The van der Waals surface area contributed by atoms with E-state index < -0.39 is 22.9 Å². The zero-order chi connectivity index (χ0) is 21.8. The van der Waals surface area contributed by atoms with Crippen LogP contribution in [-0.4, -0.2) is 42.2 Å². The first-order valence-corrected chi connectivity index (χ1v) is 8.58. The molecule has 2 aromatic carbocycles. The summed E-state index contributed by atoms with van der Waals surface area (Å²) < 4.78 is 30.5. The van der Waals surface area contributed by atoms with Gasteiger partial charge in [0.25, 0.3) is 5.56 Å². The van der Waals surface area contributed by atoms with Gasteiger partial charge in [0, 0.05) is 18.3 Å². The van der Waals surface area contributed by atoms with E-state index in [4.69, 9.17) is 14.2 Å². The minimum atomic E-state index is -0.993. The number of hydrogen-bond donors (Lipinski definition) is 2. The number of H-pyrrole nitrogens is 1. The van der Waals surface area contributed by atoms with Gasteiger partial charge in [0.05, 0.1) is 32.7 Å². The Hall–Kier alpha value is -4.08. The summed E-state index contributed by atoms with van der Waals surface area (Å²) in [5.41, 5.74) is -2.13. The molecule has 1 heterocycles. The molecule has 0 fully saturated rings. The smallest absolute Gasteiger partial charge is 0.335 e. The Bertz CT molecular complexity index is 1210. The van der Waals surface area contributed by atoms with Crippen molar-refractivity contribution in [3.05, 3.63) is 68.6 Å². The van der Waals surface area contributed by atoms with Gasteiger partial charge in [-0.25, -0.2) is 13.8 Å². The fraction of sp³-hybridized carbons (Fsp3) is 0.150. The Morgan fingerprint density at radius 2 is 1.70 bits per heavy atom. The highest BCUT2D eigenvalue weighted by Crippen LogP contribution is 2.40. The molecule has 0 aliphatic heterocycles. The predicted octanol–water partition coefficient (Wildman–Crippen LogP) is 2.15. The van der Waals surface area contributed by atoms with E-state index >= 15 is 0 Å². The van der Waals surface area contributed by atoms with Crippen molar-refractivity contribution in [3.8, 4) is 28.8 Å². The van der Waals surface area contributed by atoms with E-state index in [1.807, 2.05) is 4.98 Å². The first kappa shape index (κ1) is 20.6. The highest BCUT2D eigenvalue weighted by atomic mass is 19.1. The van der Waals surface area contributed by atoms with Crippen LogP contribution in [0, 0.1) is 5.82 Å². The second-order valence-corrected chi connectivity index (χ2v) is 5.93. The number of rotatable bonds is 6. The van der Waals surface area contributed by atoms with Crippen LogP contribution in [-0.2, 0) is 0 Å². The predicted molar refractivity (Wildman–Crippen MR) is 108 cm³/mol. The zero-order valence-corrected chi connectivity index (χ0v) is 16.3. The van der Waals surface area contributed by atoms with Gasteiger partial charge < -0.3 is 19.3 Å². The number of aromatic hydroxyl groups is 1. The summed E-state index contributed by atoms with van der Waals surface area (Å²) in [6, 6.07) is 8.37. The average molecular weight is 415 g/mol. The van der Waals surface area contributed by atoms with Crippen LogP contribution < -0.4 is 25.5 Å². The van der Waals surface area contributed by atoms with Gasteiger partial charge in [0.1, 0.15) is 11.4 Å². The van der Waals surface area contributed by atoms with Gasteiger partial charge in [0.2, 0.25) is 11.6 Å². The molecule has 1 aromatic heterocycles. The molecule has 2 N–H and O–H groups in total. The highest BCUT2D eigenvalue weighted by molar-refractivity contribution is 5.84. The number of aliphatic imine (C=N–C) groups is 1. The van der Waals surface area contributed by atoms with Crippen LogP contribution in [0.2, 0.25) is 0 Å². The molecule has 9 nitrogen and oxygen atoms in total. The molecule has 0 saturated heterocycles. The van der Waals surface area contributed by atoms with Crippen molar-refractivity contribution in [1.29, 1.82) is 0 Å². The second-order valence-electron chi connectivity index (χ2n) is 5.93. The lowest BCUT2D eigenvalue weighted by atomic mass is 10.2. The van der Waals surface area contributed by atoms with Crippen LogP contribution in [0.15, 0.2) is 51.0 Å². The van der Waals surface area contributed by atoms with E-state index in [1.54, 1.807) is 0 Å². The van der Waals surface area contributed by atoms with Crippen LogP contribution in [0.4, 0.5) is 10.1 Å². The molecular formula is C20H18FN3O6. The molecule has 0 radical (unpaired) electrons. The molecule has 0 saturated carbocycles. The van der Waals surface area contributed by atoms with Crippen molar-refractivity contribution in [3.63, 3.8) is 0 Å². The normalized spacial score (nSPS) is 10.9. The third kappa shape index (κ3) is 3.75. The third-order valence-electron chi connectivity index (χ3n) is 4.21. The number of aromatic amines is 1. The minimum absolute atomic E-state index is 0.223. The standard InChI is InChI=1S/C20H18FN3O6/c1-28-15-8-11(9-16(29-2)17(15)30-3)22-10-12-18(25)23-20(27)24(19(12)26)14-7-5-4-6-13(14)21/h4-10,26H,1-3H3,(H,23,25,27). The van der Waals surface area contributed by atoms with Gasteiger partial charge in [-0.15, -0.1) is 0 Å². The van der Waals surface area contributed by atoms with Crippen LogP contribution in [0.5, 0.6) is 23.1 Å². The highest BCUT2D eigenvalue weighted by Gasteiger charge is 2.17. The summed E-state index contributed by atoms with van der Waals surface area (Å²) in [6.07, 6.45) is 1.05. The van der Waals surface area contributed by atoms with E-state index in [2.05, 4.69) is 4.99 Å². The Morgan fingerprint density at radius 3 is 2.27 bits per heavy atom. The van der Waals surface area contributed by atoms with Crippen LogP contribution in [0.1, 0.15) is 5.56 Å². The number of hydrogen-bond acceptors (Lipinski definition) is 7. The molecule has 0 bridgehead atoms. The van der Waals surface area contributed by atoms with E-state index in [0.717, 1.165) is 12.3 Å². The summed E-state index contributed by atoms with van der Waals surface area (Å²) in [5, 5.41) is 10.5. The molecule has 0 aliphatic carbocycles. The molecule has 0 spiro atoms. The first-order valence-electron chi connectivity index (χ1n) is 8.58. The molecule has 3 aromatic rings. The van der Waals surface area contributed by atoms with Gasteiger partial charge in [-0.2, -0.15) is 0 Å². The number of ether oxygens (including phenoxy) is 3. The topological polar surface area (TPSA) is 115 Å². The number of nitrogens with one attached hydrogen (secondary N) is 1. The molecule has 0 aliphatic rings. The maximum Gasteiger partial charge on any atom is 0.335 e. The van der Waals surface area contributed by atoms with Crippen LogP contribution >= 0.6 is 0 Å². The molecule has 30 heavy (non-hydrogen) atoms. The fourth-order valence-corrected chi connectivity index (χ4v) is 2.79. The van der Waals surface area contributed by atoms with Gasteiger partial charge in [-0.05, 0) is 12.1 Å². The number of aromatic nitrogens is 2. The Kier molecular flexibility index (Phi) is 5.86. The van der Waals surface area contributed by atoms with E-state index in [0.29, 0.717) is 27.5 Å². The monoisotopic (exact) mass is 415 g/mol. The van der Waals surface area contributed by atoms with Crippen molar-refractivity contribution in [2.24, 2.45) is 4.99 Å². The van der Waals surface area contributed by atoms with Crippen molar-refractivity contribution in [2.75, 3.05) is 21.3 Å². The SMILES string of the molecule is COc1cc(N=Cc2c(O)n(-c3ccccc3F)c(=O)[nH]c2=O)cc(OC)c1OC. The molecule has 0 amide bonds. The second kappa shape index (κ2) is 8.52. The lowest BCUT2D eigenvalue weighted by Gasteiger charge is -2.12. The van der Waals surface area contributed by atoms with Crippen LogP contribution in [0.3, 0.4) is 0 Å². The molecule has 156 valence electrons. The Morgan fingerprint density at radius 1 is 1.07 bits per heavy atom. The summed E-state index contributed by atoms with van der Waals surface area (Å²) >= 11 is 0. The van der Waals surface area contributed by atoms with Gasteiger partial charge >= 0.3 is 5.69 Å². The molecule has 3 rings (SSSR count). The molecule has 0 atom stereocenters. The number of nitrogens with zero attached hydrogens (tertiary/aromatic N) is 2. The average Bonchev–Trinajstić information content (AvgIpc) is 2.73. The van der Waals surface area contributed by atoms with Crippen molar-refractivity contribution < 1.29 is 23.7 Å². The van der Waals surface area contributed by atoms with Crippen molar-refractivity contribution in [2.45, 2.75) is 0 Å². The van der Waals surface area contributed by atoms with Crippen molar-refractivity contribution in [1.82, 2.24) is 9.55 Å². The number of halogens is 1. The quantitative estimate of drug-likeness (QED) is 0.596. The van der Waals surface area contributed by atoms with Gasteiger partial charge in [0.15, 0.2) is 11.5 Å². The summed E-state index contributed by atoms with van der Waals surface area (Å²) in [7, 11) is 4.32. The number of methoxy groups -OCH3 is 3. The third-order valence-corrected chi connectivity index (χ3v) is 4.21.